The molecule has 1 saturated carbocycles. The van der Waals surface area contributed by atoms with Crippen LogP contribution in [0.15, 0.2) is 0 Å². The number of hydrogen-bond donors (Lipinski definition) is 2. The second-order valence-electron chi connectivity index (χ2n) is 4.47. The number of rotatable bonds is 5. The van der Waals surface area contributed by atoms with E-state index in [1.807, 2.05) is 6.92 Å². The highest BCUT2D eigenvalue weighted by Gasteiger charge is 2.25. The third-order valence-corrected chi connectivity index (χ3v) is 3.27. The number of hydrogen-bond acceptors (Lipinski definition) is 2. The van der Waals surface area contributed by atoms with Gasteiger partial charge in [0.25, 0.3) is 0 Å². The van der Waals surface area contributed by atoms with Gasteiger partial charge in [0.05, 0.1) is 0 Å². The minimum absolute atomic E-state index is 0.0579. The first-order valence-electron chi connectivity index (χ1n) is 5.65. The molecule has 0 saturated heterocycles. The van der Waals surface area contributed by atoms with Crippen molar-refractivity contribution < 1.29 is 4.79 Å². The Morgan fingerprint density at radius 1 is 1.50 bits per heavy atom. The smallest absolute Gasteiger partial charge is 0.223 e. The molecule has 0 spiro atoms. The molecule has 1 fully saturated rings. The largest absolute Gasteiger partial charge is 0.353 e. The molecule has 1 aliphatic carbocycles. The maximum atomic E-state index is 11.6. The second kappa shape index (κ2) is 5.35. The summed E-state index contributed by atoms with van der Waals surface area (Å²) < 4.78 is 0. The predicted octanol–water partition coefficient (Wildman–Crippen LogP) is 1.28. The lowest BCUT2D eigenvalue weighted by Gasteiger charge is -2.32. The van der Waals surface area contributed by atoms with Crippen molar-refractivity contribution in [3.8, 4) is 0 Å². The first-order chi connectivity index (χ1) is 6.65. The van der Waals surface area contributed by atoms with Gasteiger partial charge in [0.1, 0.15) is 0 Å². The Morgan fingerprint density at radius 2 is 2.14 bits per heavy atom. The maximum Gasteiger partial charge on any atom is 0.223 e. The lowest BCUT2D eigenvalue weighted by molar-refractivity contribution is -0.125. The van der Waals surface area contributed by atoms with Crippen LogP contribution in [0.4, 0.5) is 0 Å². The number of carbonyl (C=O) groups is 1. The number of nitrogens with one attached hydrogen (secondary N) is 1. The molecule has 0 bridgehead atoms. The zero-order valence-electron chi connectivity index (χ0n) is 9.25. The number of amides is 1. The van der Waals surface area contributed by atoms with E-state index in [4.69, 9.17) is 5.73 Å². The summed E-state index contributed by atoms with van der Waals surface area (Å²) in [5, 5.41) is 3.07. The van der Waals surface area contributed by atoms with Crippen molar-refractivity contribution in [2.75, 3.05) is 6.54 Å². The van der Waals surface area contributed by atoms with E-state index in [0.717, 1.165) is 6.42 Å². The fraction of sp³-hybridized carbons (Fsp3) is 0.909. The average molecular weight is 198 g/mol. The molecule has 0 heterocycles. The molecule has 3 heteroatoms. The molecule has 0 radical (unpaired) electrons. The normalized spacial score (nSPS) is 21.1. The summed E-state index contributed by atoms with van der Waals surface area (Å²) in [6.45, 7) is 4.64. The highest BCUT2D eigenvalue weighted by atomic mass is 16.1. The van der Waals surface area contributed by atoms with Crippen LogP contribution < -0.4 is 11.1 Å². The van der Waals surface area contributed by atoms with Crippen LogP contribution in [-0.4, -0.2) is 18.5 Å². The quantitative estimate of drug-likeness (QED) is 0.699. The van der Waals surface area contributed by atoms with Crippen molar-refractivity contribution in [3.63, 3.8) is 0 Å². The highest BCUT2D eigenvalue weighted by molar-refractivity contribution is 5.78. The number of carbonyl (C=O) groups excluding carboxylic acids is 1. The maximum absolute atomic E-state index is 11.6. The topological polar surface area (TPSA) is 55.1 Å². The Balaban J connectivity index is 2.24. The standard InChI is InChI=1S/C11H22N2O/c1-8(6-7-12)11(14)13-9(2)10-4-3-5-10/h8-10H,3-7,12H2,1-2H3,(H,13,14). The van der Waals surface area contributed by atoms with Gasteiger partial charge in [-0.1, -0.05) is 13.3 Å². The van der Waals surface area contributed by atoms with Crippen LogP contribution in [0, 0.1) is 11.8 Å². The molecule has 82 valence electrons. The van der Waals surface area contributed by atoms with Crippen LogP contribution in [0.5, 0.6) is 0 Å². The van der Waals surface area contributed by atoms with Crippen molar-refractivity contribution in [2.45, 2.75) is 45.6 Å². The monoisotopic (exact) mass is 198 g/mol. The lowest BCUT2D eigenvalue weighted by atomic mass is 9.80. The lowest BCUT2D eigenvalue weighted by Crippen LogP contribution is -2.43. The van der Waals surface area contributed by atoms with E-state index < -0.39 is 0 Å². The molecule has 0 aromatic rings. The first-order valence-corrected chi connectivity index (χ1v) is 5.65. The average Bonchev–Trinajstić information content (AvgIpc) is 2.00. The molecule has 14 heavy (non-hydrogen) atoms. The Morgan fingerprint density at radius 3 is 2.57 bits per heavy atom. The summed E-state index contributed by atoms with van der Waals surface area (Å²) in [7, 11) is 0. The minimum atomic E-state index is 0.0579. The van der Waals surface area contributed by atoms with Gasteiger partial charge < -0.3 is 11.1 Å². The van der Waals surface area contributed by atoms with Gasteiger partial charge in [-0.15, -0.1) is 0 Å². The molecule has 3 N–H and O–H groups in total. The number of nitrogens with two attached hydrogens (primary N) is 1. The SMILES string of the molecule is CC(CCN)C(=O)NC(C)C1CCC1. The van der Waals surface area contributed by atoms with Crippen LogP contribution in [0.2, 0.25) is 0 Å². The van der Waals surface area contributed by atoms with Gasteiger partial charge in [-0.2, -0.15) is 0 Å². The molecule has 0 aromatic carbocycles. The zero-order valence-corrected chi connectivity index (χ0v) is 9.25. The van der Waals surface area contributed by atoms with Crippen molar-refractivity contribution in [2.24, 2.45) is 17.6 Å². The summed E-state index contributed by atoms with van der Waals surface area (Å²) in [4.78, 5) is 11.6. The van der Waals surface area contributed by atoms with E-state index in [0.29, 0.717) is 18.5 Å². The predicted molar refractivity (Wildman–Crippen MR) is 57.8 cm³/mol. The Kier molecular flexibility index (Phi) is 4.39. The fourth-order valence-corrected chi connectivity index (χ4v) is 1.81. The fourth-order valence-electron chi connectivity index (χ4n) is 1.81. The van der Waals surface area contributed by atoms with E-state index in [1.165, 1.54) is 19.3 Å². The molecule has 0 aromatic heterocycles. The van der Waals surface area contributed by atoms with Crippen molar-refractivity contribution in [1.82, 2.24) is 5.32 Å². The molecule has 0 aliphatic heterocycles. The van der Waals surface area contributed by atoms with E-state index in [2.05, 4.69) is 12.2 Å². The third kappa shape index (κ3) is 2.98. The molecular weight excluding hydrogens is 176 g/mol. The Hall–Kier alpha value is -0.570. The first kappa shape index (κ1) is 11.5. The minimum Gasteiger partial charge on any atom is -0.353 e. The second-order valence-corrected chi connectivity index (χ2v) is 4.47. The molecule has 2 atom stereocenters. The van der Waals surface area contributed by atoms with E-state index in [1.54, 1.807) is 0 Å². The Labute approximate surface area is 86.4 Å². The van der Waals surface area contributed by atoms with Crippen molar-refractivity contribution in [1.29, 1.82) is 0 Å². The molecule has 3 nitrogen and oxygen atoms in total. The van der Waals surface area contributed by atoms with Crippen molar-refractivity contribution >= 4 is 5.91 Å². The summed E-state index contributed by atoms with van der Waals surface area (Å²) in [5.74, 6) is 0.932. The van der Waals surface area contributed by atoms with Crippen LogP contribution in [0.25, 0.3) is 0 Å². The highest BCUT2D eigenvalue weighted by Crippen LogP contribution is 2.29. The van der Waals surface area contributed by atoms with E-state index >= 15 is 0 Å². The molecule has 1 rings (SSSR count). The van der Waals surface area contributed by atoms with Gasteiger partial charge in [-0.05, 0) is 38.6 Å². The van der Waals surface area contributed by atoms with Gasteiger partial charge in [0, 0.05) is 12.0 Å². The van der Waals surface area contributed by atoms with Gasteiger partial charge >= 0.3 is 0 Å². The summed E-state index contributed by atoms with van der Waals surface area (Å²) >= 11 is 0. The van der Waals surface area contributed by atoms with Crippen LogP contribution >= 0.6 is 0 Å². The van der Waals surface area contributed by atoms with Gasteiger partial charge in [0.2, 0.25) is 5.91 Å². The van der Waals surface area contributed by atoms with Gasteiger partial charge in [-0.3, -0.25) is 4.79 Å². The van der Waals surface area contributed by atoms with Crippen LogP contribution in [0.1, 0.15) is 39.5 Å². The zero-order chi connectivity index (χ0) is 10.6. The molecule has 1 amide bonds. The molecular formula is C11H22N2O. The third-order valence-electron chi connectivity index (χ3n) is 3.27. The molecule has 1 aliphatic rings. The van der Waals surface area contributed by atoms with Crippen LogP contribution in [-0.2, 0) is 4.79 Å². The Bertz CT molecular complexity index is 190. The van der Waals surface area contributed by atoms with E-state index in [-0.39, 0.29) is 11.8 Å². The van der Waals surface area contributed by atoms with Crippen molar-refractivity contribution in [3.05, 3.63) is 0 Å². The van der Waals surface area contributed by atoms with Crippen LogP contribution in [0.3, 0.4) is 0 Å². The summed E-state index contributed by atoms with van der Waals surface area (Å²) in [6.07, 6.45) is 4.64. The van der Waals surface area contributed by atoms with Gasteiger partial charge in [-0.25, -0.2) is 0 Å². The van der Waals surface area contributed by atoms with Gasteiger partial charge in [0.15, 0.2) is 0 Å². The summed E-state index contributed by atoms with van der Waals surface area (Å²) in [6, 6.07) is 0.344. The molecule has 2 unspecified atom stereocenters. The summed E-state index contributed by atoms with van der Waals surface area (Å²) in [5.41, 5.74) is 5.42. The van der Waals surface area contributed by atoms with E-state index in [9.17, 15) is 4.79 Å².